The first kappa shape index (κ1) is 26.8. The van der Waals surface area contributed by atoms with Crippen LogP contribution in [-0.4, -0.2) is 90.7 Å². The molecule has 5 aliphatic rings. The van der Waals surface area contributed by atoms with Crippen LogP contribution < -0.4 is 0 Å². The molecule has 2 bridgehead atoms. The van der Waals surface area contributed by atoms with Crippen LogP contribution in [-0.2, 0) is 25.4 Å². The lowest BCUT2D eigenvalue weighted by Crippen LogP contribution is -2.55. The van der Waals surface area contributed by atoms with Crippen molar-refractivity contribution in [3.63, 3.8) is 0 Å². The summed E-state index contributed by atoms with van der Waals surface area (Å²) in [6, 6.07) is 9.84. The van der Waals surface area contributed by atoms with Gasteiger partial charge in [-0.15, -0.1) is 0 Å². The van der Waals surface area contributed by atoms with Gasteiger partial charge in [0, 0.05) is 31.6 Å². The summed E-state index contributed by atoms with van der Waals surface area (Å²) < 4.78 is 18.8. The number of rotatable bonds is 6. The van der Waals surface area contributed by atoms with E-state index >= 15 is 0 Å². The molecule has 0 spiro atoms. The van der Waals surface area contributed by atoms with Crippen molar-refractivity contribution in [2.75, 3.05) is 33.2 Å². The van der Waals surface area contributed by atoms with Crippen LogP contribution in [0, 0.1) is 17.3 Å². The standard InChI is InChI=1S/C30H42BN3O5/c1-29(2)22-12-13-24(29)30(3)25(17-22)38-31(39-30)26-11-8-15-34(26)27(35)19-32(4)23-14-16-33(18-23)28(36)37-20-21-9-6-5-7-10-21/h5-7,9-10,12-13,22-26H,8,11,14-20H2,1-4H3/t22-,23+,24-,25+,26-,30-/m0/s1. The number of fused-ring (bicyclic) bond motifs is 4. The van der Waals surface area contributed by atoms with Gasteiger partial charge in [0.15, 0.2) is 0 Å². The van der Waals surface area contributed by atoms with E-state index in [1.807, 2.05) is 42.3 Å². The number of allylic oxidation sites excluding steroid dienone is 1. The van der Waals surface area contributed by atoms with E-state index in [4.69, 9.17) is 14.0 Å². The van der Waals surface area contributed by atoms with Gasteiger partial charge in [-0.1, -0.05) is 56.3 Å². The Labute approximate surface area is 232 Å². The molecular weight excluding hydrogens is 493 g/mol. The summed E-state index contributed by atoms with van der Waals surface area (Å²) >= 11 is 0. The van der Waals surface area contributed by atoms with Gasteiger partial charge in [0.1, 0.15) is 6.61 Å². The molecule has 6 atom stereocenters. The molecule has 3 heterocycles. The minimum absolute atomic E-state index is 0.0491. The zero-order valence-electron chi connectivity index (χ0n) is 23.8. The molecule has 39 heavy (non-hydrogen) atoms. The third-order valence-corrected chi connectivity index (χ3v) is 10.3. The maximum Gasteiger partial charge on any atom is 0.481 e. The van der Waals surface area contributed by atoms with Gasteiger partial charge in [0.2, 0.25) is 5.91 Å². The normalized spacial score (nSPS) is 34.7. The molecule has 0 aromatic heterocycles. The number of ether oxygens (including phenoxy) is 1. The predicted octanol–water partition coefficient (Wildman–Crippen LogP) is 3.75. The Morgan fingerprint density at radius 1 is 1.13 bits per heavy atom. The van der Waals surface area contributed by atoms with E-state index in [0.29, 0.717) is 31.5 Å². The molecule has 8 nitrogen and oxygen atoms in total. The average Bonchev–Trinajstić information content (AvgIpc) is 3.69. The highest BCUT2D eigenvalue weighted by atomic mass is 16.7. The average molecular weight is 535 g/mol. The molecule has 210 valence electrons. The number of likely N-dealkylation sites (tertiary alicyclic amines) is 2. The third kappa shape index (κ3) is 4.80. The molecule has 1 aromatic rings. The van der Waals surface area contributed by atoms with Crippen molar-refractivity contribution >= 4 is 19.1 Å². The van der Waals surface area contributed by atoms with Gasteiger partial charge in [0.25, 0.3) is 0 Å². The number of carbonyl (C=O) groups is 2. The molecule has 6 rings (SSSR count). The van der Waals surface area contributed by atoms with Crippen LogP contribution in [0.5, 0.6) is 0 Å². The second kappa shape index (κ2) is 10.2. The topological polar surface area (TPSA) is 71.6 Å². The minimum Gasteiger partial charge on any atom is -0.445 e. The molecule has 4 fully saturated rings. The Morgan fingerprint density at radius 2 is 1.92 bits per heavy atom. The van der Waals surface area contributed by atoms with Crippen molar-refractivity contribution in [2.24, 2.45) is 17.3 Å². The Bertz CT molecular complexity index is 1120. The Kier molecular flexibility index (Phi) is 7.05. The SMILES string of the molecule is CN(CC(=O)N1CCC[C@H]1B1O[C@@H]2C[C@@H]3C=C[C@@H](C3(C)C)[C@]2(C)O1)[C@@H]1CCN(C(=O)OCc2ccccc2)C1. The Morgan fingerprint density at radius 3 is 2.72 bits per heavy atom. The monoisotopic (exact) mass is 535 g/mol. The summed E-state index contributed by atoms with van der Waals surface area (Å²) in [5.74, 6) is 0.894. The van der Waals surface area contributed by atoms with Gasteiger partial charge >= 0.3 is 13.2 Å². The lowest BCUT2D eigenvalue weighted by Gasteiger charge is -2.50. The summed E-state index contributed by atoms with van der Waals surface area (Å²) in [5.41, 5.74) is 0.787. The summed E-state index contributed by atoms with van der Waals surface area (Å²) in [6.45, 7) is 9.43. The second-order valence-electron chi connectivity index (χ2n) is 13.0. The molecule has 2 aliphatic carbocycles. The molecule has 0 unspecified atom stereocenters. The maximum absolute atomic E-state index is 13.5. The first-order valence-corrected chi connectivity index (χ1v) is 14.6. The van der Waals surface area contributed by atoms with E-state index in [9.17, 15) is 9.59 Å². The fourth-order valence-corrected chi connectivity index (χ4v) is 7.79. The number of likely N-dealkylation sites (N-methyl/N-ethyl adjacent to an activating group) is 1. The van der Waals surface area contributed by atoms with Gasteiger partial charge in [-0.2, -0.15) is 0 Å². The number of hydrogen-bond acceptors (Lipinski definition) is 6. The number of hydrogen-bond donors (Lipinski definition) is 0. The lowest BCUT2D eigenvalue weighted by atomic mass is 9.60. The highest BCUT2D eigenvalue weighted by Gasteiger charge is 2.64. The molecule has 0 N–H and O–H groups in total. The highest BCUT2D eigenvalue weighted by molar-refractivity contribution is 6.48. The molecule has 0 radical (unpaired) electrons. The van der Waals surface area contributed by atoms with E-state index in [-0.39, 0.29) is 54.8 Å². The zero-order chi connectivity index (χ0) is 27.4. The van der Waals surface area contributed by atoms with Crippen molar-refractivity contribution in [1.29, 1.82) is 0 Å². The Balaban J connectivity index is 1.02. The van der Waals surface area contributed by atoms with Gasteiger partial charge in [0.05, 0.1) is 24.2 Å². The number of carbonyl (C=O) groups excluding carboxylic acids is 2. The molecule has 3 aliphatic heterocycles. The van der Waals surface area contributed by atoms with E-state index < -0.39 is 0 Å². The summed E-state index contributed by atoms with van der Waals surface area (Å²) in [6.07, 6.45) is 8.13. The van der Waals surface area contributed by atoms with Crippen LogP contribution in [0.15, 0.2) is 42.5 Å². The summed E-state index contributed by atoms with van der Waals surface area (Å²) in [5, 5.41) is 0. The van der Waals surface area contributed by atoms with Crippen LogP contribution in [0.3, 0.4) is 0 Å². The Hall–Kier alpha value is -2.36. The second-order valence-corrected chi connectivity index (χ2v) is 13.0. The van der Waals surface area contributed by atoms with Crippen LogP contribution in [0.1, 0.15) is 52.0 Å². The number of nitrogens with zero attached hydrogens (tertiary/aromatic N) is 3. The fraction of sp³-hybridized carbons (Fsp3) is 0.667. The van der Waals surface area contributed by atoms with Gasteiger partial charge in [-0.25, -0.2) is 4.79 Å². The first-order chi connectivity index (χ1) is 18.7. The van der Waals surface area contributed by atoms with Crippen molar-refractivity contribution in [2.45, 2.75) is 76.7 Å². The molecule has 2 amide bonds. The van der Waals surface area contributed by atoms with E-state index in [1.54, 1.807) is 4.90 Å². The van der Waals surface area contributed by atoms with Crippen LogP contribution in [0.4, 0.5) is 4.79 Å². The zero-order valence-corrected chi connectivity index (χ0v) is 23.8. The van der Waals surface area contributed by atoms with Crippen LogP contribution in [0.2, 0.25) is 0 Å². The largest absolute Gasteiger partial charge is 0.481 e. The summed E-state index contributed by atoms with van der Waals surface area (Å²) in [4.78, 5) is 32.0. The van der Waals surface area contributed by atoms with Crippen molar-refractivity contribution in [3.05, 3.63) is 48.0 Å². The first-order valence-electron chi connectivity index (χ1n) is 14.6. The van der Waals surface area contributed by atoms with E-state index in [0.717, 1.165) is 37.8 Å². The minimum atomic E-state index is -0.373. The van der Waals surface area contributed by atoms with Crippen molar-refractivity contribution in [3.8, 4) is 0 Å². The number of benzene rings is 1. The summed E-state index contributed by atoms with van der Waals surface area (Å²) in [7, 11) is 1.61. The number of amides is 2. The fourth-order valence-electron chi connectivity index (χ4n) is 7.79. The van der Waals surface area contributed by atoms with E-state index in [1.165, 1.54) is 0 Å². The van der Waals surface area contributed by atoms with Gasteiger partial charge in [-0.3, -0.25) is 9.69 Å². The van der Waals surface area contributed by atoms with Gasteiger partial charge in [-0.05, 0) is 56.6 Å². The lowest BCUT2D eigenvalue weighted by molar-refractivity contribution is -0.132. The molecular formula is C30H42BN3O5. The molecule has 1 aromatic carbocycles. The quantitative estimate of drug-likeness (QED) is 0.408. The molecule has 9 heteroatoms. The van der Waals surface area contributed by atoms with Crippen LogP contribution in [0.25, 0.3) is 0 Å². The van der Waals surface area contributed by atoms with Crippen molar-refractivity contribution < 1.29 is 23.6 Å². The van der Waals surface area contributed by atoms with Crippen LogP contribution >= 0.6 is 0 Å². The smallest absolute Gasteiger partial charge is 0.445 e. The van der Waals surface area contributed by atoms with Crippen molar-refractivity contribution in [1.82, 2.24) is 14.7 Å². The predicted molar refractivity (Wildman–Crippen MR) is 149 cm³/mol. The van der Waals surface area contributed by atoms with E-state index in [2.05, 4.69) is 37.8 Å². The highest BCUT2D eigenvalue weighted by Crippen LogP contribution is 2.59. The third-order valence-electron chi connectivity index (χ3n) is 10.3. The maximum atomic E-state index is 13.5. The molecule has 3 saturated heterocycles. The van der Waals surface area contributed by atoms with Gasteiger partial charge < -0.3 is 23.8 Å². The molecule has 1 saturated carbocycles.